The van der Waals surface area contributed by atoms with Crippen molar-refractivity contribution >= 4 is 10.0 Å². The Labute approximate surface area is 126 Å². The van der Waals surface area contributed by atoms with E-state index >= 15 is 0 Å². The molecule has 0 saturated heterocycles. The van der Waals surface area contributed by atoms with Crippen LogP contribution >= 0.6 is 0 Å². The summed E-state index contributed by atoms with van der Waals surface area (Å²) < 4.78 is 27.1. The number of nitrogens with one attached hydrogen (secondary N) is 1. The number of aliphatic hydroxyl groups is 1. The molecule has 21 heavy (non-hydrogen) atoms. The molecule has 0 spiro atoms. The van der Waals surface area contributed by atoms with Crippen molar-refractivity contribution in [2.45, 2.75) is 43.9 Å². The van der Waals surface area contributed by atoms with Crippen molar-refractivity contribution in [3.05, 3.63) is 35.4 Å². The smallest absolute Gasteiger partial charge is 0.214 e. The average Bonchev–Trinajstić information content (AvgIpc) is 3.02. The molecule has 0 aliphatic heterocycles. The third-order valence-electron chi connectivity index (χ3n) is 3.68. The summed E-state index contributed by atoms with van der Waals surface area (Å²) in [5, 5.41) is 8.51. The van der Waals surface area contributed by atoms with E-state index in [1.54, 1.807) is 0 Å². The lowest BCUT2D eigenvalue weighted by Crippen LogP contribution is -2.32. The Morgan fingerprint density at radius 3 is 2.67 bits per heavy atom. The Morgan fingerprint density at radius 1 is 1.24 bits per heavy atom. The van der Waals surface area contributed by atoms with E-state index in [4.69, 9.17) is 5.11 Å². The van der Waals surface area contributed by atoms with E-state index in [0.29, 0.717) is 6.42 Å². The van der Waals surface area contributed by atoms with Gasteiger partial charge in [0.25, 0.3) is 0 Å². The van der Waals surface area contributed by atoms with Gasteiger partial charge in [0, 0.05) is 18.5 Å². The minimum Gasteiger partial charge on any atom is -0.395 e. The van der Waals surface area contributed by atoms with E-state index in [2.05, 4.69) is 16.6 Å². The summed E-state index contributed by atoms with van der Waals surface area (Å²) >= 11 is 0. The Morgan fingerprint density at radius 2 is 1.95 bits per heavy atom. The molecule has 1 aromatic rings. The van der Waals surface area contributed by atoms with Gasteiger partial charge in [-0.1, -0.05) is 42.9 Å². The minimum atomic E-state index is -3.24. The summed E-state index contributed by atoms with van der Waals surface area (Å²) in [7, 11) is -3.24. The van der Waals surface area contributed by atoms with Crippen molar-refractivity contribution in [3.8, 4) is 11.8 Å². The van der Waals surface area contributed by atoms with Crippen LogP contribution in [0, 0.1) is 11.8 Å². The Hall–Kier alpha value is -1.35. The Balaban J connectivity index is 2.05. The van der Waals surface area contributed by atoms with Gasteiger partial charge in [0.05, 0.1) is 11.9 Å². The molecular formula is C16H21NO3S. The van der Waals surface area contributed by atoms with Crippen LogP contribution in [0.4, 0.5) is 0 Å². The first-order chi connectivity index (χ1) is 10.1. The van der Waals surface area contributed by atoms with E-state index in [1.807, 2.05) is 24.3 Å². The van der Waals surface area contributed by atoms with E-state index < -0.39 is 10.0 Å². The summed E-state index contributed by atoms with van der Waals surface area (Å²) in [6.45, 7) is 0.298. The Kier molecular flexibility index (Phi) is 5.80. The molecule has 4 nitrogen and oxygen atoms in total. The van der Waals surface area contributed by atoms with Gasteiger partial charge >= 0.3 is 0 Å². The predicted octanol–water partition coefficient (Wildman–Crippen LogP) is 1.78. The number of hydrogen-bond acceptors (Lipinski definition) is 3. The van der Waals surface area contributed by atoms with Gasteiger partial charge in [-0.25, -0.2) is 13.1 Å². The van der Waals surface area contributed by atoms with Crippen molar-refractivity contribution in [1.29, 1.82) is 0 Å². The van der Waals surface area contributed by atoms with Crippen molar-refractivity contribution in [2.24, 2.45) is 0 Å². The molecule has 0 bridgehead atoms. The highest BCUT2D eigenvalue weighted by atomic mass is 32.2. The van der Waals surface area contributed by atoms with Crippen molar-refractivity contribution in [1.82, 2.24) is 4.72 Å². The normalized spacial score (nSPS) is 15.7. The van der Waals surface area contributed by atoms with Gasteiger partial charge < -0.3 is 5.11 Å². The lowest BCUT2D eigenvalue weighted by molar-refractivity contribution is 0.305. The average molecular weight is 307 g/mol. The van der Waals surface area contributed by atoms with E-state index in [-0.39, 0.29) is 18.4 Å². The zero-order valence-corrected chi connectivity index (χ0v) is 12.8. The largest absolute Gasteiger partial charge is 0.395 e. The molecule has 1 aliphatic rings. The zero-order chi connectivity index (χ0) is 15.1. The third kappa shape index (κ3) is 4.57. The van der Waals surface area contributed by atoms with E-state index in [1.165, 1.54) is 0 Å². The summed E-state index contributed by atoms with van der Waals surface area (Å²) in [6.07, 6.45) is 3.92. The maximum absolute atomic E-state index is 12.2. The van der Waals surface area contributed by atoms with Gasteiger partial charge in [-0.3, -0.25) is 0 Å². The molecule has 0 unspecified atom stereocenters. The number of rotatable bonds is 5. The fourth-order valence-corrected chi connectivity index (χ4v) is 4.05. The first kappa shape index (κ1) is 16.0. The number of aliphatic hydroxyl groups excluding tert-OH is 1. The molecule has 0 aromatic heterocycles. The molecule has 1 fully saturated rings. The molecule has 1 aliphatic carbocycles. The summed E-state index contributed by atoms with van der Waals surface area (Å²) in [5.74, 6) is 5.84. The summed E-state index contributed by atoms with van der Waals surface area (Å²) in [6, 6.07) is 7.48. The van der Waals surface area contributed by atoms with Crippen molar-refractivity contribution in [2.75, 3.05) is 6.61 Å². The molecule has 0 atom stereocenters. The van der Waals surface area contributed by atoms with Crippen molar-refractivity contribution < 1.29 is 13.5 Å². The lowest BCUT2D eigenvalue weighted by Gasteiger charge is -2.13. The number of sulfonamides is 1. The van der Waals surface area contributed by atoms with Crippen LogP contribution in [-0.4, -0.2) is 25.4 Å². The predicted molar refractivity (Wildman–Crippen MR) is 83.0 cm³/mol. The van der Waals surface area contributed by atoms with Crippen LogP contribution in [0.25, 0.3) is 0 Å². The second-order valence-electron chi connectivity index (χ2n) is 5.21. The molecule has 1 aromatic carbocycles. The first-order valence-electron chi connectivity index (χ1n) is 7.29. The highest BCUT2D eigenvalue weighted by Crippen LogP contribution is 2.24. The van der Waals surface area contributed by atoms with Gasteiger partial charge in [0.1, 0.15) is 0 Å². The van der Waals surface area contributed by atoms with Crippen LogP contribution in [0.5, 0.6) is 0 Å². The van der Waals surface area contributed by atoms with E-state index in [9.17, 15) is 8.42 Å². The first-order valence-corrected chi connectivity index (χ1v) is 8.84. The molecule has 0 amide bonds. The van der Waals surface area contributed by atoms with Gasteiger partial charge in [0.15, 0.2) is 0 Å². The highest BCUT2D eigenvalue weighted by Gasteiger charge is 2.28. The fraction of sp³-hybridized carbons (Fsp3) is 0.500. The second kappa shape index (κ2) is 7.60. The van der Waals surface area contributed by atoms with Crippen LogP contribution in [0.3, 0.4) is 0 Å². The van der Waals surface area contributed by atoms with Gasteiger partial charge in [-0.2, -0.15) is 0 Å². The standard InChI is InChI=1S/C16H21NO3S/c18-12-6-5-8-14-7-1-2-9-15(14)13-17-21(19,20)16-10-3-4-11-16/h1-2,7,9,16-18H,3-4,6,10-13H2. The molecule has 2 rings (SSSR count). The second-order valence-corrected chi connectivity index (χ2v) is 7.25. The van der Waals surface area contributed by atoms with Crippen LogP contribution in [-0.2, 0) is 16.6 Å². The van der Waals surface area contributed by atoms with E-state index in [0.717, 1.165) is 36.8 Å². The fourth-order valence-electron chi connectivity index (χ4n) is 2.50. The molecule has 2 N–H and O–H groups in total. The molecule has 1 saturated carbocycles. The van der Waals surface area contributed by atoms with Gasteiger partial charge in [-0.05, 0) is 24.5 Å². The molecular weight excluding hydrogens is 286 g/mol. The summed E-state index contributed by atoms with van der Waals surface area (Å²) in [4.78, 5) is 0. The van der Waals surface area contributed by atoms with Crippen molar-refractivity contribution in [3.63, 3.8) is 0 Å². The molecule has 0 radical (unpaired) electrons. The monoisotopic (exact) mass is 307 g/mol. The Bertz CT molecular complexity index is 622. The maximum atomic E-state index is 12.2. The quantitative estimate of drug-likeness (QED) is 0.815. The van der Waals surface area contributed by atoms with Crippen LogP contribution in [0.15, 0.2) is 24.3 Å². The molecule has 5 heteroatoms. The minimum absolute atomic E-state index is 0.0312. The maximum Gasteiger partial charge on any atom is 0.214 e. The third-order valence-corrected chi connectivity index (χ3v) is 5.58. The van der Waals surface area contributed by atoms with Gasteiger partial charge in [0.2, 0.25) is 10.0 Å². The number of hydrogen-bond donors (Lipinski definition) is 2. The molecule has 0 heterocycles. The SMILES string of the molecule is O=S(=O)(NCc1ccccc1C#CCCO)C1CCCC1. The van der Waals surface area contributed by atoms with Crippen LogP contribution in [0.2, 0.25) is 0 Å². The summed E-state index contributed by atoms with van der Waals surface area (Å²) in [5.41, 5.74) is 1.67. The number of benzene rings is 1. The van der Waals surface area contributed by atoms with Crippen LogP contribution < -0.4 is 4.72 Å². The topological polar surface area (TPSA) is 66.4 Å². The van der Waals surface area contributed by atoms with Gasteiger partial charge in [-0.15, -0.1) is 0 Å². The highest BCUT2D eigenvalue weighted by molar-refractivity contribution is 7.90. The van der Waals surface area contributed by atoms with Crippen LogP contribution in [0.1, 0.15) is 43.2 Å². The lowest BCUT2D eigenvalue weighted by atomic mass is 10.1. The molecule has 114 valence electrons. The zero-order valence-electron chi connectivity index (χ0n) is 12.0.